The van der Waals surface area contributed by atoms with Gasteiger partial charge >= 0.3 is 5.97 Å². The summed E-state index contributed by atoms with van der Waals surface area (Å²) in [5, 5.41) is 9.87. The number of carbonyl (C=O) groups excluding carboxylic acids is 1. The van der Waals surface area contributed by atoms with E-state index < -0.39 is 23.7 Å². The van der Waals surface area contributed by atoms with Gasteiger partial charge in [-0.3, -0.25) is 9.78 Å². The van der Waals surface area contributed by atoms with Crippen molar-refractivity contribution in [1.82, 2.24) is 9.88 Å². The molecule has 1 unspecified atom stereocenters. The van der Waals surface area contributed by atoms with E-state index in [2.05, 4.69) is 4.98 Å². The van der Waals surface area contributed by atoms with Crippen LogP contribution in [0.25, 0.3) is 10.8 Å². The minimum Gasteiger partial charge on any atom is -0.480 e. The Morgan fingerprint density at radius 1 is 1.33 bits per heavy atom. The fraction of sp³-hybridized carbons (Fsp3) is 0.267. The number of carboxylic acid groups (broad SMARTS) is 1. The van der Waals surface area contributed by atoms with Crippen LogP contribution < -0.4 is 0 Å². The smallest absolute Gasteiger partial charge is 0.326 e. The van der Waals surface area contributed by atoms with Gasteiger partial charge < -0.3 is 10.0 Å². The molecule has 1 aliphatic heterocycles. The summed E-state index contributed by atoms with van der Waals surface area (Å²) in [6.07, 6.45) is 2.46. The molecule has 1 saturated heterocycles. The SMILES string of the molecule is O=C(O)C1CCCN1C(=O)c1nccc2cccc(F)c12. The molecule has 2 aromatic rings. The first kappa shape index (κ1) is 13.5. The number of pyridine rings is 1. The summed E-state index contributed by atoms with van der Waals surface area (Å²) in [5.41, 5.74) is -0.0289. The number of likely N-dealkylation sites (tertiary alicyclic amines) is 1. The second-order valence-electron chi connectivity index (χ2n) is 4.99. The molecule has 0 bridgehead atoms. The zero-order valence-electron chi connectivity index (χ0n) is 11.1. The van der Waals surface area contributed by atoms with Gasteiger partial charge in [0.15, 0.2) is 0 Å². The normalized spacial score (nSPS) is 18.1. The molecular weight excluding hydrogens is 275 g/mol. The lowest BCUT2D eigenvalue weighted by Crippen LogP contribution is -2.40. The first-order valence-corrected chi connectivity index (χ1v) is 6.66. The van der Waals surface area contributed by atoms with E-state index in [-0.39, 0.29) is 11.1 Å². The number of amides is 1. The third kappa shape index (κ3) is 2.22. The predicted octanol–water partition coefficient (Wildman–Crippen LogP) is 2.06. The van der Waals surface area contributed by atoms with E-state index in [1.54, 1.807) is 18.2 Å². The van der Waals surface area contributed by atoms with Crippen LogP contribution in [0.2, 0.25) is 0 Å². The van der Waals surface area contributed by atoms with Gasteiger partial charge in [0.05, 0.1) is 0 Å². The maximum absolute atomic E-state index is 14.0. The van der Waals surface area contributed by atoms with E-state index in [4.69, 9.17) is 5.11 Å². The summed E-state index contributed by atoms with van der Waals surface area (Å²) in [6.45, 7) is 0.350. The molecule has 3 rings (SSSR count). The molecule has 0 saturated carbocycles. The Labute approximate surface area is 120 Å². The summed E-state index contributed by atoms with van der Waals surface area (Å²) < 4.78 is 14.0. The van der Waals surface area contributed by atoms with E-state index in [0.717, 1.165) is 0 Å². The van der Waals surface area contributed by atoms with Crippen LogP contribution in [0.3, 0.4) is 0 Å². The predicted molar refractivity (Wildman–Crippen MR) is 73.4 cm³/mol. The third-order valence-corrected chi connectivity index (χ3v) is 3.74. The van der Waals surface area contributed by atoms with Crippen LogP contribution in [-0.4, -0.2) is 39.5 Å². The number of aromatic nitrogens is 1. The van der Waals surface area contributed by atoms with Gasteiger partial charge in [0.2, 0.25) is 0 Å². The first-order valence-electron chi connectivity index (χ1n) is 6.66. The summed E-state index contributed by atoms with van der Waals surface area (Å²) >= 11 is 0. The lowest BCUT2D eigenvalue weighted by atomic mass is 10.1. The maximum Gasteiger partial charge on any atom is 0.326 e. The molecule has 0 aliphatic carbocycles. The highest BCUT2D eigenvalue weighted by Gasteiger charge is 2.35. The number of halogens is 1. The number of carboxylic acids is 1. The molecule has 1 aromatic carbocycles. The highest BCUT2D eigenvalue weighted by molar-refractivity contribution is 6.06. The molecule has 6 heteroatoms. The minimum absolute atomic E-state index is 0.0289. The van der Waals surface area contributed by atoms with Gasteiger partial charge in [0.25, 0.3) is 5.91 Å². The van der Waals surface area contributed by atoms with Gasteiger partial charge in [-0.15, -0.1) is 0 Å². The lowest BCUT2D eigenvalue weighted by molar-refractivity contribution is -0.141. The molecule has 2 heterocycles. The Hall–Kier alpha value is -2.50. The number of hydrogen-bond acceptors (Lipinski definition) is 3. The van der Waals surface area contributed by atoms with Crippen molar-refractivity contribution in [2.75, 3.05) is 6.54 Å². The van der Waals surface area contributed by atoms with Crippen LogP contribution in [0.15, 0.2) is 30.5 Å². The van der Waals surface area contributed by atoms with Crippen LogP contribution >= 0.6 is 0 Å². The zero-order chi connectivity index (χ0) is 15.0. The average molecular weight is 288 g/mol. The number of nitrogens with zero attached hydrogens (tertiary/aromatic N) is 2. The molecule has 108 valence electrons. The second kappa shape index (κ2) is 5.12. The first-order chi connectivity index (χ1) is 10.1. The number of carbonyl (C=O) groups is 2. The molecule has 1 atom stereocenters. The van der Waals surface area contributed by atoms with Crippen LogP contribution in [-0.2, 0) is 4.79 Å². The quantitative estimate of drug-likeness (QED) is 0.918. The average Bonchev–Trinajstić information content (AvgIpc) is 2.96. The standard InChI is InChI=1S/C15H13FN2O3/c16-10-4-1-3-9-6-7-17-13(12(9)10)14(19)18-8-2-5-11(18)15(20)21/h1,3-4,6-7,11H,2,5,8H2,(H,20,21). The zero-order valence-corrected chi connectivity index (χ0v) is 11.1. The number of rotatable bonds is 2. The molecule has 0 radical (unpaired) electrons. The van der Waals surface area contributed by atoms with Gasteiger partial charge in [-0.2, -0.15) is 0 Å². The Balaban J connectivity index is 2.08. The number of aliphatic carboxylic acids is 1. The van der Waals surface area contributed by atoms with Gasteiger partial charge in [-0.1, -0.05) is 12.1 Å². The molecule has 21 heavy (non-hydrogen) atoms. The molecule has 1 aliphatic rings. The Kier molecular flexibility index (Phi) is 3.29. The number of benzene rings is 1. The molecule has 1 amide bonds. The van der Waals surface area contributed by atoms with E-state index >= 15 is 0 Å². The largest absolute Gasteiger partial charge is 0.480 e. The highest BCUT2D eigenvalue weighted by Crippen LogP contribution is 2.25. The van der Waals surface area contributed by atoms with Crippen LogP contribution in [0, 0.1) is 5.82 Å². The molecule has 0 spiro atoms. The van der Waals surface area contributed by atoms with Crippen molar-refractivity contribution in [3.63, 3.8) is 0 Å². The van der Waals surface area contributed by atoms with Crippen molar-refractivity contribution in [2.24, 2.45) is 0 Å². The minimum atomic E-state index is -1.04. The fourth-order valence-electron chi connectivity index (χ4n) is 2.75. The van der Waals surface area contributed by atoms with Crippen molar-refractivity contribution in [2.45, 2.75) is 18.9 Å². The summed E-state index contributed by atoms with van der Waals surface area (Å²) in [7, 11) is 0. The number of hydrogen-bond donors (Lipinski definition) is 1. The van der Waals surface area contributed by atoms with Gasteiger partial charge in [0.1, 0.15) is 17.6 Å². The molecule has 1 aromatic heterocycles. The van der Waals surface area contributed by atoms with Crippen molar-refractivity contribution in [1.29, 1.82) is 0 Å². The Morgan fingerprint density at radius 2 is 2.14 bits per heavy atom. The summed E-state index contributed by atoms with van der Waals surface area (Å²) in [6, 6.07) is 5.27. The van der Waals surface area contributed by atoms with Crippen LogP contribution in [0.4, 0.5) is 4.39 Å². The molecule has 5 nitrogen and oxygen atoms in total. The monoisotopic (exact) mass is 288 g/mol. The van der Waals surface area contributed by atoms with Gasteiger partial charge in [0, 0.05) is 18.1 Å². The van der Waals surface area contributed by atoms with Crippen LogP contribution in [0.5, 0.6) is 0 Å². The van der Waals surface area contributed by atoms with Gasteiger partial charge in [-0.25, -0.2) is 9.18 Å². The molecule has 1 fully saturated rings. The van der Waals surface area contributed by atoms with Crippen molar-refractivity contribution in [3.05, 3.63) is 42.0 Å². The van der Waals surface area contributed by atoms with E-state index in [1.807, 2.05) is 0 Å². The summed E-state index contributed by atoms with van der Waals surface area (Å²) in [5.74, 6) is -2.10. The van der Waals surface area contributed by atoms with E-state index in [1.165, 1.54) is 17.2 Å². The fourth-order valence-corrected chi connectivity index (χ4v) is 2.75. The second-order valence-corrected chi connectivity index (χ2v) is 4.99. The van der Waals surface area contributed by atoms with Gasteiger partial charge in [-0.05, 0) is 30.4 Å². The topological polar surface area (TPSA) is 70.5 Å². The van der Waals surface area contributed by atoms with Crippen molar-refractivity contribution >= 4 is 22.6 Å². The van der Waals surface area contributed by atoms with E-state index in [0.29, 0.717) is 24.8 Å². The third-order valence-electron chi connectivity index (χ3n) is 3.74. The lowest BCUT2D eigenvalue weighted by Gasteiger charge is -2.21. The summed E-state index contributed by atoms with van der Waals surface area (Å²) in [4.78, 5) is 29.0. The van der Waals surface area contributed by atoms with E-state index in [9.17, 15) is 14.0 Å². The Morgan fingerprint density at radius 3 is 2.90 bits per heavy atom. The highest BCUT2D eigenvalue weighted by atomic mass is 19.1. The Bertz CT molecular complexity index is 727. The van der Waals surface area contributed by atoms with Crippen LogP contribution in [0.1, 0.15) is 23.3 Å². The van der Waals surface area contributed by atoms with Crippen molar-refractivity contribution in [3.8, 4) is 0 Å². The number of fused-ring (bicyclic) bond motifs is 1. The molecular formula is C15H13FN2O3. The van der Waals surface area contributed by atoms with Crippen molar-refractivity contribution < 1.29 is 19.1 Å². The maximum atomic E-state index is 14.0. The molecule has 1 N–H and O–H groups in total.